The summed E-state index contributed by atoms with van der Waals surface area (Å²) < 4.78 is 28.8. The van der Waals surface area contributed by atoms with Crippen LogP contribution in [0.5, 0.6) is 0 Å². The molecule has 5 nitrogen and oxygen atoms in total. The third kappa shape index (κ3) is 3.12. The molecule has 2 fully saturated rings. The van der Waals surface area contributed by atoms with Crippen LogP contribution in [0.25, 0.3) is 0 Å². The fraction of sp³-hybridized carbons (Fsp3) is 1.00. The van der Waals surface area contributed by atoms with E-state index in [0.29, 0.717) is 31.6 Å². The maximum Gasteiger partial charge on any atom is 0.282 e. The fourth-order valence-electron chi connectivity index (χ4n) is 3.31. The lowest BCUT2D eigenvalue weighted by Crippen LogP contribution is -2.55. The Bertz CT molecular complexity index is 399. The normalized spacial score (nSPS) is 35.4. The molecule has 0 amide bonds. The Balaban J connectivity index is 2.08. The molecule has 2 aliphatic heterocycles. The van der Waals surface area contributed by atoms with Crippen LogP contribution in [-0.2, 0) is 10.2 Å². The van der Waals surface area contributed by atoms with Crippen molar-refractivity contribution in [2.24, 2.45) is 5.92 Å². The molecule has 2 heterocycles. The van der Waals surface area contributed by atoms with Crippen molar-refractivity contribution in [1.29, 1.82) is 0 Å². The van der Waals surface area contributed by atoms with Gasteiger partial charge in [0.05, 0.1) is 0 Å². The van der Waals surface area contributed by atoms with E-state index in [4.69, 9.17) is 0 Å². The van der Waals surface area contributed by atoms with Gasteiger partial charge in [0.25, 0.3) is 10.2 Å². The summed E-state index contributed by atoms with van der Waals surface area (Å²) in [6.07, 6.45) is 4.03. The van der Waals surface area contributed by atoms with Crippen molar-refractivity contribution in [3.8, 4) is 0 Å². The van der Waals surface area contributed by atoms with Crippen LogP contribution in [0.4, 0.5) is 0 Å². The van der Waals surface area contributed by atoms with Crippen LogP contribution in [0.1, 0.15) is 39.5 Å². The molecular weight excluding hydrogens is 262 g/mol. The molecule has 0 spiro atoms. The lowest BCUT2D eigenvalue weighted by atomic mass is 9.96. The molecular formula is C13H27N3O2S. The van der Waals surface area contributed by atoms with Crippen molar-refractivity contribution in [2.75, 3.05) is 26.7 Å². The van der Waals surface area contributed by atoms with Gasteiger partial charge in [-0.3, -0.25) is 0 Å². The van der Waals surface area contributed by atoms with E-state index in [-0.39, 0.29) is 6.04 Å². The molecule has 2 aliphatic rings. The van der Waals surface area contributed by atoms with E-state index in [9.17, 15) is 8.42 Å². The summed E-state index contributed by atoms with van der Waals surface area (Å²) in [5.41, 5.74) is 0. The number of piperidine rings is 2. The largest absolute Gasteiger partial charge is 0.317 e. The van der Waals surface area contributed by atoms with Gasteiger partial charge in [-0.25, -0.2) is 0 Å². The first kappa shape index (κ1) is 15.2. The minimum atomic E-state index is -3.26. The lowest BCUT2D eigenvalue weighted by Gasteiger charge is -2.41. The third-order valence-corrected chi connectivity index (χ3v) is 6.72. The molecule has 0 saturated carbocycles. The van der Waals surface area contributed by atoms with Crippen molar-refractivity contribution < 1.29 is 8.42 Å². The molecule has 6 heteroatoms. The van der Waals surface area contributed by atoms with E-state index >= 15 is 0 Å². The highest BCUT2D eigenvalue weighted by molar-refractivity contribution is 7.86. The van der Waals surface area contributed by atoms with E-state index in [1.165, 1.54) is 0 Å². The summed E-state index contributed by atoms with van der Waals surface area (Å²) in [5, 5.41) is 3.28. The molecule has 19 heavy (non-hydrogen) atoms. The number of hydrogen-bond acceptors (Lipinski definition) is 3. The Kier molecular flexibility index (Phi) is 4.87. The first-order valence-corrected chi connectivity index (χ1v) is 8.80. The highest BCUT2D eigenvalue weighted by Crippen LogP contribution is 2.26. The topological polar surface area (TPSA) is 52.7 Å². The second kappa shape index (κ2) is 6.08. The predicted molar refractivity (Wildman–Crippen MR) is 77.1 cm³/mol. The van der Waals surface area contributed by atoms with Gasteiger partial charge in [-0.1, -0.05) is 13.3 Å². The van der Waals surface area contributed by atoms with Crippen molar-refractivity contribution >= 4 is 10.2 Å². The molecule has 0 aliphatic carbocycles. The molecule has 0 aromatic heterocycles. The number of nitrogens with one attached hydrogen (secondary N) is 1. The van der Waals surface area contributed by atoms with Crippen LogP contribution < -0.4 is 5.32 Å². The maximum atomic E-state index is 12.7. The lowest BCUT2D eigenvalue weighted by molar-refractivity contribution is 0.196. The summed E-state index contributed by atoms with van der Waals surface area (Å²) in [6, 6.07) is 0.585. The van der Waals surface area contributed by atoms with Gasteiger partial charge >= 0.3 is 0 Å². The van der Waals surface area contributed by atoms with Crippen molar-refractivity contribution in [3.05, 3.63) is 0 Å². The summed E-state index contributed by atoms with van der Waals surface area (Å²) in [7, 11) is -1.30. The van der Waals surface area contributed by atoms with Gasteiger partial charge in [0.1, 0.15) is 0 Å². The van der Waals surface area contributed by atoms with Gasteiger partial charge in [0.2, 0.25) is 0 Å². The van der Waals surface area contributed by atoms with Crippen LogP contribution in [0.2, 0.25) is 0 Å². The van der Waals surface area contributed by atoms with Crippen LogP contribution in [0, 0.1) is 5.92 Å². The molecule has 2 saturated heterocycles. The molecule has 1 N–H and O–H groups in total. The van der Waals surface area contributed by atoms with Crippen LogP contribution in [-0.4, -0.2) is 55.8 Å². The standard InChI is InChI=1S/C13H27N3O2S/c1-11-10-15(9-7-13(11)14-3)19(17,18)16-8-5-4-6-12(16)2/h11-14H,4-10H2,1-3H3. The van der Waals surface area contributed by atoms with Gasteiger partial charge in [-0.05, 0) is 39.2 Å². The van der Waals surface area contributed by atoms with Crippen LogP contribution >= 0.6 is 0 Å². The van der Waals surface area contributed by atoms with Gasteiger partial charge in [-0.2, -0.15) is 17.0 Å². The Morgan fingerprint density at radius 3 is 2.42 bits per heavy atom. The van der Waals surface area contributed by atoms with Gasteiger partial charge in [-0.15, -0.1) is 0 Å². The smallest absolute Gasteiger partial charge is 0.282 e. The monoisotopic (exact) mass is 289 g/mol. The minimum Gasteiger partial charge on any atom is -0.317 e. The van der Waals surface area contributed by atoms with Crippen molar-refractivity contribution in [2.45, 2.75) is 51.6 Å². The van der Waals surface area contributed by atoms with E-state index in [2.05, 4.69) is 12.2 Å². The SMILES string of the molecule is CNC1CCN(S(=O)(=O)N2CCCCC2C)CC1C. The van der Waals surface area contributed by atoms with Crippen LogP contribution in [0.3, 0.4) is 0 Å². The van der Waals surface area contributed by atoms with Gasteiger partial charge in [0, 0.05) is 31.7 Å². The second-order valence-corrected chi connectivity index (χ2v) is 7.86. The Morgan fingerprint density at radius 2 is 1.84 bits per heavy atom. The quantitative estimate of drug-likeness (QED) is 0.844. The molecule has 3 unspecified atom stereocenters. The summed E-state index contributed by atoms with van der Waals surface area (Å²) in [6.45, 7) is 6.12. The third-order valence-electron chi connectivity index (χ3n) is 4.60. The zero-order valence-electron chi connectivity index (χ0n) is 12.3. The zero-order valence-corrected chi connectivity index (χ0v) is 13.1. The van der Waals surface area contributed by atoms with Crippen molar-refractivity contribution in [3.63, 3.8) is 0 Å². The highest BCUT2D eigenvalue weighted by Gasteiger charge is 2.38. The highest BCUT2D eigenvalue weighted by atomic mass is 32.2. The number of rotatable bonds is 3. The average molecular weight is 289 g/mol. The Morgan fingerprint density at radius 1 is 1.11 bits per heavy atom. The van der Waals surface area contributed by atoms with Crippen LogP contribution in [0.15, 0.2) is 0 Å². The Labute approximate surface area is 117 Å². The van der Waals surface area contributed by atoms with E-state index in [0.717, 1.165) is 25.7 Å². The molecule has 112 valence electrons. The first-order chi connectivity index (χ1) is 8.96. The predicted octanol–water partition coefficient (Wildman–Crippen LogP) is 1.04. The van der Waals surface area contributed by atoms with Gasteiger partial charge in [0.15, 0.2) is 0 Å². The summed E-state index contributed by atoms with van der Waals surface area (Å²) in [5.74, 6) is 0.369. The molecule has 0 radical (unpaired) electrons. The zero-order chi connectivity index (χ0) is 14.0. The van der Waals surface area contributed by atoms with E-state index in [1.54, 1.807) is 8.61 Å². The average Bonchev–Trinajstić information content (AvgIpc) is 2.39. The molecule has 0 aromatic carbocycles. The minimum absolute atomic E-state index is 0.149. The number of hydrogen-bond donors (Lipinski definition) is 1. The Hall–Kier alpha value is -0.170. The number of nitrogens with zero attached hydrogens (tertiary/aromatic N) is 2. The van der Waals surface area contributed by atoms with Crippen molar-refractivity contribution in [1.82, 2.24) is 13.9 Å². The van der Waals surface area contributed by atoms with Gasteiger partial charge < -0.3 is 5.32 Å². The van der Waals surface area contributed by atoms with E-state index < -0.39 is 10.2 Å². The molecule has 0 aromatic rings. The molecule has 3 atom stereocenters. The summed E-state index contributed by atoms with van der Waals surface area (Å²) >= 11 is 0. The molecule has 0 bridgehead atoms. The fourth-order valence-corrected chi connectivity index (χ4v) is 5.28. The maximum absolute atomic E-state index is 12.7. The van der Waals surface area contributed by atoms with E-state index in [1.807, 2.05) is 14.0 Å². The first-order valence-electron chi connectivity index (χ1n) is 7.41. The second-order valence-electron chi connectivity index (χ2n) is 5.98. The summed E-state index contributed by atoms with van der Waals surface area (Å²) in [4.78, 5) is 0. The molecule has 2 rings (SSSR count).